The molecule has 1 aromatic carbocycles. The smallest absolute Gasteiger partial charge is 0.237 e. The molecule has 1 amide bonds. The second kappa shape index (κ2) is 6.53. The Hall–Kier alpha value is -0.870. The fourth-order valence-corrected chi connectivity index (χ4v) is 2.22. The van der Waals surface area contributed by atoms with E-state index in [2.05, 4.69) is 45.6 Å². The average molecular weight is 327 g/mol. The molecule has 0 saturated carbocycles. The van der Waals surface area contributed by atoms with Crippen LogP contribution < -0.4 is 10.6 Å². The van der Waals surface area contributed by atoms with Gasteiger partial charge >= 0.3 is 0 Å². The maximum absolute atomic E-state index is 12.0. The molecule has 0 aromatic heterocycles. The number of hydrogen-bond donors (Lipinski definition) is 2. The largest absolute Gasteiger partial charge is 0.350 e. The Morgan fingerprint density at radius 2 is 1.89 bits per heavy atom. The van der Waals surface area contributed by atoms with Crippen molar-refractivity contribution in [3.63, 3.8) is 0 Å². The Bertz CT molecular complexity index is 440. The molecule has 3 nitrogen and oxygen atoms in total. The van der Waals surface area contributed by atoms with E-state index in [1.54, 1.807) is 0 Å². The molecule has 0 bridgehead atoms. The van der Waals surface area contributed by atoms with E-state index in [1.165, 1.54) is 0 Å². The lowest BCUT2D eigenvalue weighted by molar-refractivity contribution is -0.124. The molecule has 1 rings (SSSR count). The summed E-state index contributed by atoms with van der Waals surface area (Å²) in [6.45, 7) is 9.89. The van der Waals surface area contributed by atoms with Gasteiger partial charge in [-0.05, 0) is 52.3 Å². The van der Waals surface area contributed by atoms with Gasteiger partial charge in [-0.15, -0.1) is 0 Å². The van der Waals surface area contributed by atoms with Gasteiger partial charge in [0.25, 0.3) is 0 Å². The van der Waals surface area contributed by atoms with Crippen LogP contribution in [0.4, 0.5) is 0 Å². The third-order valence-electron chi connectivity index (χ3n) is 2.74. The van der Waals surface area contributed by atoms with Crippen LogP contribution in [-0.4, -0.2) is 17.5 Å². The highest BCUT2D eigenvalue weighted by molar-refractivity contribution is 9.10. The molecule has 0 spiro atoms. The number of amides is 1. The highest BCUT2D eigenvalue weighted by Gasteiger charge is 2.20. The van der Waals surface area contributed by atoms with Crippen molar-refractivity contribution < 1.29 is 4.79 Å². The highest BCUT2D eigenvalue weighted by Crippen LogP contribution is 2.18. The van der Waals surface area contributed by atoms with Gasteiger partial charge in [0, 0.05) is 16.1 Å². The first kappa shape index (κ1) is 16.2. The van der Waals surface area contributed by atoms with Crippen molar-refractivity contribution >= 4 is 21.8 Å². The Morgan fingerprint density at radius 1 is 1.26 bits per heavy atom. The van der Waals surface area contributed by atoms with E-state index in [0.29, 0.717) is 0 Å². The van der Waals surface area contributed by atoms with Crippen molar-refractivity contribution in [2.75, 3.05) is 0 Å². The maximum atomic E-state index is 12.0. The van der Waals surface area contributed by atoms with Crippen LogP contribution in [0.2, 0.25) is 0 Å². The number of hydrogen-bond acceptors (Lipinski definition) is 2. The average Bonchev–Trinajstić information content (AvgIpc) is 2.26. The van der Waals surface area contributed by atoms with Crippen molar-refractivity contribution in [1.82, 2.24) is 10.6 Å². The van der Waals surface area contributed by atoms with Crippen LogP contribution in [0.15, 0.2) is 28.7 Å². The monoisotopic (exact) mass is 326 g/mol. The summed E-state index contributed by atoms with van der Waals surface area (Å²) in [6, 6.07) is 8.00. The van der Waals surface area contributed by atoms with E-state index in [0.717, 1.165) is 10.0 Å². The van der Waals surface area contributed by atoms with Gasteiger partial charge in [0.1, 0.15) is 0 Å². The van der Waals surface area contributed by atoms with E-state index in [1.807, 2.05) is 39.8 Å². The first-order valence-corrected chi connectivity index (χ1v) is 7.32. The molecule has 106 valence electrons. The second-order valence-electron chi connectivity index (χ2n) is 5.90. The molecule has 0 saturated heterocycles. The Morgan fingerprint density at radius 3 is 2.42 bits per heavy atom. The van der Waals surface area contributed by atoms with E-state index in [-0.39, 0.29) is 23.5 Å². The van der Waals surface area contributed by atoms with Gasteiger partial charge in [-0.1, -0.05) is 28.1 Å². The molecule has 0 aliphatic heterocycles. The van der Waals surface area contributed by atoms with Crippen LogP contribution >= 0.6 is 15.9 Å². The van der Waals surface area contributed by atoms with Gasteiger partial charge in [0.05, 0.1) is 6.04 Å². The fraction of sp³-hybridized carbons (Fsp3) is 0.533. The quantitative estimate of drug-likeness (QED) is 0.890. The molecule has 2 N–H and O–H groups in total. The van der Waals surface area contributed by atoms with Crippen LogP contribution in [-0.2, 0) is 4.79 Å². The Balaban J connectivity index is 2.61. The zero-order valence-corrected chi connectivity index (χ0v) is 13.8. The van der Waals surface area contributed by atoms with Crippen LogP contribution in [0.1, 0.15) is 46.2 Å². The molecule has 0 aliphatic carbocycles. The number of carbonyl (C=O) groups is 1. The minimum atomic E-state index is -0.229. The zero-order chi connectivity index (χ0) is 14.6. The summed E-state index contributed by atoms with van der Waals surface area (Å²) < 4.78 is 1.05. The standard InChI is InChI=1S/C15H23BrN2O/c1-10(12-7-6-8-13(16)9-12)17-11(2)14(19)18-15(3,4)5/h6-11,17H,1-5H3,(H,18,19). The molecule has 1 aromatic rings. The van der Waals surface area contributed by atoms with E-state index in [4.69, 9.17) is 0 Å². The van der Waals surface area contributed by atoms with Gasteiger partial charge in [0.15, 0.2) is 0 Å². The Labute approximate surface area is 124 Å². The summed E-state index contributed by atoms with van der Waals surface area (Å²) in [4.78, 5) is 12.0. The third-order valence-corrected chi connectivity index (χ3v) is 3.23. The van der Waals surface area contributed by atoms with Gasteiger partial charge in [-0.2, -0.15) is 0 Å². The number of halogens is 1. The maximum Gasteiger partial charge on any atom is 0.237 e. The molecule has 2 unspecified atom stereocenters. The molecular weight excluding hydrogens is 304 g/mol. The molecule has 4 heteroatoms. The molecule has 0 radical (unpaired) electrons. The van der Waals surface area contributed by atoms with Gasteiger partial charge in [-0.25, -0.2) is 0 Å². The van der Waals surface area contributed by atoms with Gasteiger partial charge < -0.3 is 5.32 Å². The van der Waals surface area contributed by atoms with Crippen LogP contribution in [0.5, 0.6) is 0 Å². The van der Waals surface area contributed by atoms with Crippen LogP contribution in [0.3, 0.4) is 0 Å². The zero-order valence-electron chi connectivity index (χ0n) is 12.3. The lowest BCUT2D eigenvalue weighted by Crippen LogP contribution is -2.49. The predicted octanol–water partition coefficient (Wildman–Crippen LogP) is 3.40. The minimum absolute atomic E-state index is 0.0225. The summed E-state index contributed by atoms with van der Waals surface area (Å²) in [6.07, 6.45) is 0. The normalized spacial score (nSPS) is 14.8. The van der Waals surface area contributed by atoms with Crippen LogP contribution in [0, 0.1) is 0 Å². The Kier molecular flexibility index (Phi) is 5.56. The van der Waals surface area contributed by atoms with E-state index < -0.39 is 0 Å². The summed E-state index contributed by atoms with van der Waals surface area (Å²) >= 11 is 3.46. The van der Waals surface area contributed by atoms with Gasteiger partial charge in [0.2, 0.25) is 5.91 Å². The lowest BCUT2D eigenvalue weighted by Gasteiger charge is -2.25. The highest BCUT2D eigenvalue weighted by atomic mass is 79.9. The molecule has 0 fully saturated rings. The first-order valence-electron chi connectivity index (χ1n) is 6.52. The molecule has 19 heavy (non-hydrogen) atoms. The number of benzene rings is 1. The number of rotatable bonds is 4. The molecule has 2 atom stereocenters. The van der Waals surface area contributed by atoms with Crippen molar-refractivity contribution in [3.05, 3.63) is 34.3 Å². The second-order valence-corrected chi connectivity index (χ2v) is 6.82. The predicted molar refractivity (Wildman–Crippen MR) is 83.1 cm³/mol. The fourth-order valence-electron chi connectivity index (χ4n) is 1.80. The third kappa shape index (κ3) is 5.74. The summed E-state index contributed by atoms with van der Waals surface area (Å²) in [5.74, 6) is 0.0225. The van der Waals surface area contributed by atoms with E-state index in [9.17, 15) is 4.79 Å². The minimum Gasteiger partial charge on any atom is -0.350 e. The summed E-state index contributed by atoms with van der Waals surface area (Å²) in [5.41, 5.74) is 0.955. The topological polar surface area (TPSA) is 41.1 Å². The first-order chi connectivity index (χ1) is 8.69. The summed E-state index contributed by atoms with van der Waals surface area (Å²) in [7, 11) is 0. The van der Waals surface area contributed by atoms with E-state index >= 15 is 0 Å². The summed E-state index contributed by atoms with van der Waals surface area (Å²) in [5, 5.41) is 6.29. The van der Waals surface area contributed by atoms with Gasteiger partial charge in [-0.3, -0.25) is 10.1 Å². The van der Waals surface area contributed by atoms with Crippen molar-refractivity contribution in [2.24, 2.45) is 0 Å². The van der Waals surface area contributed by atoms with Crippen LogP contribution in [0.25, 0.3) is 0 Å². The van der Waals surface area contributed by atoms with Crippen molar-refractivity contribution in [1.29, 1.82) is 0 Å². The molecule has 0 aliphatic rings. The lowest BCUT2D eigenvalue weighted by atomic mass is 10.1. The molecule has 0 heterocycles. The number of carbonyl (C=O) groups excluding carboxylic acids is 1. The SMILES string of the molecule is CC(NC(C)c1cccc(Br)c1)C(=O)NC(C)(C)C. The number of nitrogens with one attached hydrogen (secondary N) is 2. The molecular formula is C15H23BrN2O. The van der Waals surface area contributed by atoms with Crippen molar-refractivity contribution in [3.8, 4) is 0 Å². The van der Waals surface area contributed by atoms with Crippen molar-refractivity contribution in [2.45, 2.75) is 52.2 Å².